The molecule has 1 atom stereocenters. The van der Waals surface area contributed by atoms with E-state index < -0.39 is 6.04 Å². The van der Waals surface area contributed by atoms with Crippen molar-refractivity contribution in [2.24, 2.45) is 0 Å². The maximum absolute atomic E-state index is 13.3. The number of carbonyl (C=O) groups excluding carboxylic acids is 1. The van der Waals surface area contributed by atoms with E-state index in [1.54, 1.807) is 17.1 Å². The summed E-state index contributed by atoms with van der Waals surface area (Å²) >= 11 is 0. The molecule has 0 spiro atoms. The summed E-state index contributed by atoms with van der Waals surface area (Å²) < 4.78 is 7.31. The molecule has 1 amide bonds. The zero-order valence-corrected chi connectivity index (χ0v) is 15.6. The van der Waals surface area contributed by atoms with Gasteiger partial charge in [0.1, 0.15) is 18.1 Å². The van der Waals surface area contributed by atoms with Crippen molar-refractivity contribution in [2.75, 3.05) is 17.2 Å². The van der Waals surface area contributed by atoms with E-state index in [-0.39, 0.29) is 5.91 Å². The van der Waals surface area contributed by atoms with Crippen LogP contribution < -0.4 is 15.4 Å². The first-order chi connectivity index (χ1) is 13.7. The molecule has 3 heterocycles. The maximum atomic E-state index is 13.3. The average Bonchev–Trinajstić information content (AvgIpc) is 3.17. The number of ether oxygens (including phenoxy) is 1. The van der Waals surface area contributed by atoms with E-state index >= 15 is 0 Å². The van der Waals surface area contributed by atoms with Crippen LogP contribution in [0, 0.1) is 0 Å². The fourth-order valence-electron chi connectivity index (χ4n) is 3.27. The first kappa shape index (κ1) is 17.7. The molecule has 1 aliphatic rings. The van der Waals surface area contributed by atoms with Gasteiger partial charge in [0, 0.05) is 18.1 Å². The Bertz CT molecular complexity index is 1030. The molecule has 0 fully saturated rings. The van der Waals surface area contributed by atoms with Crippen LogP contribution in [-0.2, 0) is 4.79 Å². The number of nitrogens with one attached hydrogen (secondary N) is 2. The van der Waals surface area contributed by atoms with E-state index in [4.69, 9.17) is 4.74 Å². The maximum Gasteiger partial charge on any atom is 0.255 e. The van der Waals surface area contributed by atoms with Gasteiger partial charge in [-0.15, -0.1) is 0 Å². The highest BCUT2D eigenvalue weighted by Crippen LogP contribution is 2.35. The number of fused-ring (bicyclic) bond motifs is 1. The van der Waals surface area contributed by atoms with Crippen LogP contribution in [0.5, 0.6) is 5.75 Å². The van der Waals surface area contributed by atoms with Gasteiger partial charge in [-0.1, -0.05) is 18.2 Å². The standard InChI is InChI=1S/C20H20N6O2/c1-3-28-16-9-5-4-8-15(16)25-19(27)17-13(2)24-20-22-12-23-26(20)18(17)14-7-6-10-21-11-14/h4-12,18H,3H2,1-2H3,(H,25,27)(H,22,23,24). The minimum absolute atomic E-state index is 0.243. The second-order valence-electron chi connectivity index (χ2n) is 6.26. The van der Waals surface area contributed by atoms with Crippen LogP contribution >= 0.6 is 0 Å². The average molecular weight is 376 g/mol. The number of hydrogen-bond donors (Lipinski definition) is 2. The molecule has 142 valence electrons. The summed E-state index contributed by atoms with van der Waals surface area (Å²) in [6, 6.07) is 10.7. The Morgan fingerprint density at radius 1 is 1.29 bits per heavy atom. The van der Waals surface area contributed by atoms with Crippen LogP contribution in [0.3, 0.4) is 0 Å². The molecule has 2 N–H and O–H groups in total. The lowest BCUT2D eigenvalue weighted by Gasteiger charge is -2.28. The highest BCUT2D eigenvalue weighted by atomic mass is 16.5. The number of allylic oxidation sites excluding steroid dienone is 1. The highest BCUT2D eigenvalue weighted by Gasteiger charge is 2.33. The van der Waals surface area contributed by atoms with Gasteiger partial charge in [0.25, 0.3) is 5.91 Å². The Hall–Kier alpha value is -3.68. The van der Waals surface area contributed by atoms with E-state index in [1.165, 1.54) is 6.33 Å². The SMILES string of the molecule is CCOc1ccccc1NC(=O)C1=C(C)Nc2ncnn2C1c1cccnc1. The molecule has 1 aliphatic heterocycles. The number of para-hydroxylation sites is 2. The molecule has 0 aliphatic carbocycles. The van der Waals surface area contributed by atoms with Crippen LogP contribution in [0.15, 0.2) is 66.4 Å². The number of anilines is 2. The van der Waals surface area contributed by atoms with Crippen molar-refractivity contribution in [3.63, 3.8) is 0 Å². The van der Waals surface area contributed by atoms with Crippen LogP contribution in [0.1, 0.15) is 25.5 Å². The predicted molar refractivity (Wildman–Crippen MR) is 105 cm³/mol. The number of amides is 1. The largest absolute Gasteiger partial charge is 0.492 e. The van der Waals surface area contributed by atoms with Crippen molar-refractivity contribution in [1.29, 1.82) is 0 Å². The number of hydrogen-bond acceptors (Lipinski definition) is 6. The van der Waals surface area contributed by atoms with Gasteiger partial charge < -0.3 is 15.4 Å². The molecule has 0 saturated carbocycles. The molecule has 2 aromatic heterocycles. The van der Waals surface area contributed by atoms with Crippen molar-refractivity contribution in [2.45, 2.75) is 19.9 Å². The summed E-state index contributed by atoms with van der Waals surface area (Å²) in [6.07, 6.45) is 4.89. The molecule has 28 heavy (non-hydrogen) atoms. The first-order valence-corrected chi connectivity index (χ1v) is 8.99. The predicted octanol–water partition coefficient (Wildman–Crippen LogP) is 3.00. The summed E-state index contributed by atoms with van der Waals surface area (Å²) in [5, 5.41) is 10.4. The van der Waals surface area contributed by atoms with Crippen molar-refractivity contribution >= 4 is 17.5 Å². The second-order valence-corrected chi connectivity index (χ2v) is 6.26. The number of rotatable bonds is 5. The van der Waals surface area contributed by atoms with Gasteiger partial charge >= 0.3 is 0 Å². The molecule has 1 unspecified atom stereocenters. The molecule has 0 saturated heterocycles. The number of carbonyl (C=O) groups is 1. The number of benzene rings is 1. The molecular weight excluding hydrogens is 356 g/mol. The van der Waals surface area contributed by atoms with Crippen LogP contribution in [-0.4, -0.2) is 32.3 Å². The number of aromatic nitrogens is 4. The minimum atomic E-state index is -0.438. The van der Waals surface area contributed by atoms with E-state index in [2.05, 4.69) is 25.7 Å². The van der Waals surface area contributed by atoms with Crippen molar-refractivity contribution < 1.29 is 9.53 Å². The zero-order valence-electron chi connectivity index (χ0n) is 15.6. The molecule has 1 aromatic carbocycles. The molecule has 3 aromatic rings. The smallest absolute Gasteiger partial charge is 0.255 e. The third-order valence-corrected chi connectivity index (χ3v) is 4.47. The zero-order chi connectivity index (χ0) is 19.5. The second kappa shape index (κ2) is 7.51. The molecule has 4 rings (SSSR count). The molecular formula is C20H20N6O2. The van der Waals surface area contributed by atoms with Gasteiger partial charge in [0.2, 0.25) is 5.95 Å². The lowest BCUT2D eigenvalue weighted by Crippen LogP contribution is -2.31. The van der Waals surface area contributed by atoms with Gasteiger partial charge in [-0.2, -0.15) is 10.1 Å². The minimum Gasteiger partial charge on any atom is -0.492 e. The fourth-order valence-corrected chi connectivity index (χ4v) is 3.27. The Morgan fingerprint density at radius 3 is 2.93 bits per heavy atom. The van der Waals surface area contributed by atoms with Crippen LogP contribution in [0.4, 0.5) is 11.6 Å². The Labute approximate surface area is 162 Å². The third kappa shape index (κ3) is 3.20. The van der Waals surface area contributed by atoms with E-state index in [1.807, 2.05) is 50.2 Å². The normalized spacial score (nSPS) is 15.6. The molecule has 0 radical (unpaired) electrons. The van der Waals surface area contributed by atoms with Gasteiger partial charge in [0.15, 0.2) is 0 Å². The van der Waals surface area contributed by atoms with Gasteiger partial charge in [-0.3, -0.25) is 9.78 Å². The van der Waals surface area contributed by atoms with Gasteiger partial charge in [0.05, 0.1) is 17.9 Å². The van der Waals surface area contributed by atoms with Gasteiger partial charge in [-0.25, -0.2) is 4.68 Å². The monoisotopic (exact) mass is 376 g/mol. The van der Waals surface area contributed by atoms with Crippen molar-refractivity contribution in [1.82, 2.24) is 19.7 Å². The van der Waals surface area contributed by atoms with E-state index in [0.717, 1.165) is 5.56 Å². The number of pyridine rings is 1. The first-order valence-electron chi connectivity index (χ1n) is 8.99. The summed E-state index contributed by atoms with van der Waals surface area (Å²) in [5.41, 5.74) is 2.71. The summed E-state index contributed by atoms with van der Waals surface area (Å²) in [7, 11) is 0. The fraction of sp³-hybridized carbons (Fsp3) is 0.200. The van der Waals surface area contributed by atoms with Crippen molar-refractivity contribution in [3.05, 3.63) is 72.0 Å². The van der Waals surface area contributed by atoms with E-state index in [9.17, 15) is 4.79 Å². The lowest BCUT2D eigenvalue weighted by molar-refractivity contribution is -0.113. The Kier molecular flexibility index (Phi) is 4.76. The number of nitrogens with zero attached hydrogens (tertiary/aromatic N) is 4. The quantitative estimate of drug-likeness (QED) is 0.711. The Morgan fingerprint density at radius 2 is 2.14 bits per heavy atom. The van der Waals surface area contributed by atoms with Crippen molar-refractivity contribution in [3.8, 4) is 5.75 Å². The van der Waals surface area contributed by atoms with Crippen LogP contribution in [0.2, 0.25) is 0 Å². The summed E-state index contributed by atoms with van der Waals surface area (Å²) in [6.45, 7) is 4.27. The highest BCUT2D eigenvalue weighted by molar-refractivity contribution is 6.06. The Balaban J connectivity index is 1.73. The van der Waals surface area contributed by atoms with Crippen LogP contribution in [0.25, 0.3) is 0 Å². The summed E-state index contributed by atoms with van der Waals surface area (Å²) in [4.78, 5) is 21.7. The topological polar surface area (TPSA) is 94.0 Å². The lowest BCUT2D eigenvalue weighted by atomic mass is 9.96. The summed E-state index contributed by atoms with van der Waals surface area (Å²) in [5.74, 6) is 0.963. The third-order valence-electron chi connectivity index (χ3n) is 4.47. The van der Waals surface area contributed by atoms with E-state index in [0.29, 0.717) is 35.3 Å². The molecule has 0 bridgehead atoms. The molecule has 8 nitrogen and oxygen atoms in total. The van der Waals surface area contributed by atoms with Gasteiger partial charge in [-0.05, 0) is 37.6 Å². The molecule has 8 heteroatoms.